The zero-order valence-corrected chi connectivity index (χ0v) is 9.55. The van der Waals surface area contributed by atoms with Gasteiger partial charge in [0.2, 0.25) is 0 Å². The summed E-state index contributed by atoms with van der Waals surface area (Å²) < 4.78 is 79.7. The van der Waals surface area contributed by atoms with Crippen molar-refractivity contribution in [3.63, 3.8) is 0 Å². The van der Waals surface area contributed by atoms with Gasteiger partial charge in [0.1, 0.15) is 12.8 Å². The summed E-state index contributed by atoms with van der Waals surface area (Å²) in [5, 5.41) is 0. The number of halogens is 6. The van der Waals surface area contributed by atoms with E-state index in [2.05, 4.69) is 9.05 Å². The Hall–Kier alpha value is -0.0700. The van der Waals surface area contributed by atoms with Crippen LogP contribution in [-0.4, -0.2) is 38.4 Å². The van der Waals surface area contributed by atoms with E-state index in [-0.39, 0.29) is 6.16 Å². The van der Waals surface area contributed by atoms with Gasteiger partial charge in [0.05, 0.1) is 0 Å². The second-order valence-electron chi connectivity index (χ2n) is 3.11. The lowest BCUT2D eigenvalue weighted by Crippen LogP contribution is -2.22. The van der Waals surface area contributed by atoms with E-state index in [1.807, 2.05) is 0 Å². The van der Waals surface area contributed by atoms with Gasteiger partial charge >= 0.3 is 12.4 Å². The minimum absolute atomic E-state index is 0.0147. The molecule has 0 aromatic rings. The van der Waals surface area contributed by atoms with Crippen LogP contribution in [0.25, 0.3) is 0 Å². The molecular weight excluding hydrogens is 261 g/mol. The van der Waals surface area contributed by atoms with Gasteiger partial charge in [-0.2, -0.15) is 35.4 Å². The molecule has 0 unspecified atom stereocenters. The summed E-state index contributed by atoms with van der Waals surface area (Å²) in [6.45, 7) is -0.628. The van der Waals surface area contributed by atoms with Crippen molar-refractivity contribution < 1.29 is 35.4 Å². The summed E-state index contributed by atoms with van der Waals surface area (Å²) in [4.78, 5) is 0. The molecule has 2 nitrogen and oxygen atoms in total. The van der Waals surface area contributed by atoms with E-state index in [0.29, 0.717) is 0 Å². The largest absolute Gasteiger partial charge is 0.416 e. The first kappa shape index (κ1) is 15.9. The number of rotatable bonds is 5. The van der Waals surface area contributed by atoms with Crippen LogP contribution < -0.4 is 0 Å². The second kappa shape index (κ2) is 5.51. The third kappa shape index (κ3) is 8.13. The van der Waals surface area contributed by atoms with Crippen LogP contribution in [0.5, 0.6) is 0 Å². The van der Waals surface area contributed by atoms with Crippen molar-refractivity contribution >= 4 is 7.72 Å². The van der Waals surface area contributed by atoms with E-state index in [1.165, 1.54) is 6.92 Å². The molecule has 0 bridgehead atoms. The number of hydrogen-bond acceptors (Lipinski definition) is 2. The van der Waals surface area contributed by atoms with Crippen LogP contribution in [0.2, 0.25) is 0 Å². The number of alkyl halides is 6. The van der Waals surface area contributed by atoms with E-state index in [0.717, 1.165) is 6.66 Å². The topological polar surface area (TPSA) is 18.5 Å². The molecule has 0 radical (unpaired) electrons. The average molecular weight is 273 g/mol. The molecule has 0 saturated heterocycles. The van der Waals surface area contributed by atoms with Crippen molar-refractivity contribution in [2.75, 3.05) is 26.0 Å². The molecule has 0 N–H and O–H groups in total. The smallest absolute Gasteiger partial charge is 0.197 e. The molecular formula is C7H12F6O2P+. The van der Waals surface area contributed by atoms with Gasteiger partial charge in [-0.25, -0.2) is 0 Å². The van der Waals surface area contributed by atoms with Gasteiger partial charge in [0.25, 0.3) is 7.72 Å². The molecule has 0 aliphatic rings. The molecule has 98 valence electrons. The number of hydrogen-bond donors (Lipinski definition) is 0. The maximum absolute atomic E-state index is 11.8. The Labute approximate surface area is 89.4 Å². The van der Waals surface area contributed by atoms with Gasteiger partial charge in [-0.3, -0.25) is 0 Å². The Balaban J connectivity index is 4.21. The Morgan fingerprint density at radius 2 is 1.19 bits per heavy atom. The van der Waals surface area contributed by atoms with Gasteiger partial charge in [-0.05, 0) is 6.92 Å². The molecule has 0 spiro atoms. The molecule has 9 heteroatoms. The lowest BCUT2D eigenvalue weighted by atomic mass is 10.7. The minimum atomic E-state index is -4.57. The highest BCUT2D eigenvalue weighted by Gasteiger charge is 2.43. The fourth-order valence-electron chi connectivity index (χ4n) is 0.639. The Morgan fingerprint density at radius 3 is 1.38 bits per heavy atom. The van der Waals surface area contributed by atoms with E-state index in [4.69, 9.17) is 0 Å². The molecule has 16 heavy (non-hydrogen) atoms. The molecule has 0 aromatic heterocycles. The molecule has 0 atom stereocenters. The summed E-state index contributed by atoms with van der Waals surface area (Å²) in [5.74, 6) is 0. The third-order valence-corrected chi connectivity index (χ3v) is 4.08. The summed E-state index contributed by atoms with van der Waals surface area (Å²) in [5.41, 5.74) is 0. The molecule has 0 amide bonds. The summed E-state index contributed by atoms with van der Waals surface area (Å²) in [6, 6.07) is 0. The zero-order valence-electron chi connectivity index (χ0n) is 8.65. The van der Waals surface area contributed by atoms with Crippen LogP contribution in [0.15, 0.2) is 0 Å². The van der Waals surface area contributed by atoms with Gasteiger partial charge in [0, 0.05) is 0 Å². The van der Waals surface area contributed by atoms with Crippen LogP contribution >= 0.6 is 7.72 Å². The summed E-state index contributed by atoms with van der Waals surface area (Å²) in [6.07, 6.45) is -9.16. The van der Waals surface area contributed by atoms with Crippen LogP contribution in [-0.2, 0) is 9.05 Å². The highest BCUT2D eigenvalue weighted by molar-refractivity contribution is 7.65. The summed E-state index contributed by atoms with van der Waals surface area (Å²) in [7, 11) is -3.08. The Bertz CT molecular complexity index is 196. The lowest BCUT2D eigenvalue weighted by Gasteiger charge is -2.20. The van der Waals surface area contributed by atoms with Crippen LogP contribution in [0.1, 0.15) is 6.92 Å². The predicted octanol–water partition coefficient (Wildman–Crippen LogP) is 3.64. The second-order valence-corrected chi connectivity index (χ2v) is 6.28. The van der Waals surface area contributed by atoms with Gasteiger partial charge in [-0.15, -0.1) is 0 Å². The Morgan fingerprint density at radius 1 is 0.875 bits per heavy atom. The van der Waals surface area contributed by atoms with Crippen LogP contribution in [0.4, 0.5) is 26.3 Å². The SMILES string of the molecule is CC[P+](C)(OCC(F)(F)F)OCC(F)(F)F. The van der Waals surface area contributed by atoms with Gasteiger partial charge < -0.3 is 0 Å². The molecule has 0 rings (SSSR count). The quantitative estimate of drug-likeness (QED) is 0.562. The monoisotopic (exact) mass is 273 g/mol. The molecule has 0 heterocycles. The normalized spacial score (nSPS) is 14.2. The zero-order chi connectivity index (χ0) is 13.0. The third-order valence-electron chi connectivity index (χ3n) is 1.58. The van der Waals surface area contributed by atoms with Gasteiger partial charge in [0.15, 0.2) is 13.2 Å². The van der Waals surface area contributed by atoms with E-state index >= 15 is 0 Å². The fraction of sp³-hybridized carbons (Fsp3) is 1.00. The van der Waals surface area contributed by atoms with Crippen molar-refractivity contribution in [1.82, 2.24) is 0 Å². The van der Waals surface area contributed by atoms with Crippen molar-refractivity contribution in [2.24, 2.45) is 0 Å². The van der Waals surface area contributed by atoms with E-state index in [1.54, 1.807) is 0 Å². The fourth-order valence-corrected chi connectivity index (χ4v) is 1.92. The molecule has 0 saturated carbocycles. The average Bonchev–Trinajstić information content (AvgIpc) is 2.09. The maximum atomic E-state index is 11.8. The molecule has 0 fully saturated rings. The molecule has 0 aromatic carbocycles. The first-order valence-corrected chi connectivity index (χ1v) is 6.51. The highest BCUT2D eigenvalue weighted by atomic mass is 31.2. The van der Waals surface area contributed by atoms with Crippen molar-refractivity contribution in [3.8, 4) is 0 Å². The van der Waals surface area contributed by atoms with Crippen LogP contribution in [0, 0.1) is 0 Å². The Kier molecular flexibility index (Phi) is 5.49. The van der Waals surface area contributed by atoms with Crippen LogP contribution in [0.3, 0.4) is 0 Å². The van der Waals surface area contributed by atoms with E-state index < -0.39 is 33.3 Å². The lowest BCUT2D eigenvalue weighted by molar-refractivity contribution is -0.164. The van der Waals surface area contributed by atoms with Gasteiger partial charge in [-0.1, -0.05) is 0 Å². The molecule has 0 aliphatic carbocycles. The molecule has 0 aliphatic heterocycles. The minimum Gasteiger partial charge on any atom is -0.197 e. The first-order chi connectivity index (χ1) is 6.97. The standard InChI is InChI=1S/C7H12F6O2P/c1-3-16(2,14-4-6(8,9)10)15-5-7(11,12)13/h3-5H2,1-2H3/q+1. The summed E-state index contributed by atoms with van der Waals surface area (Å²) >= 11 is 0. The van der Waals surface area contributed by atoms with Crippen molar-refractivity contribution in [3.05, 3.63) is 0 Å². The van der Waals surface area contributed by atoms with Crippen molar-refractivity contribution in [2.45, 2.75) is 19.3 Å². The van der Waals surface area contributed by atoms with E-state index in [9.17, 15) is 26.3 Å². The van der Waals surface area contributed by atoms with Crippen molar-refractivity contribution in [1.29, 1.82) is 0 Å². The first-order valence-electron chi connectivity index (χ1n) is 4.25. The highest BCUT2D eigenvalue weighted by Crippen LogP contribution is 2.58. The predicted molar refractivity (Wildman–Crippen MR) is 47.4 cm³/mol. The maximum Gasteiger partial charge on any atom is 0.416 e.